The van der Waals surface area contributed by atoms with E-state index in [4.69, 9.17) is 15.3 Å². The van der Waals surface area contributed by atoms with Crippen LogP contribution in [0.5, 0.6) is 0 Å². The van der Waals surface area contributed by atoms with Crippen LogP contribution in [0.25, 0.3) is 0 Å². The van der Waals surface area contributed by atoms with Gasteiger partial charge in [-0.3, -0.25) is 0 Å². The number of hydrogen-bond donors (Lipinski definition) is 1. The van der Waals surface area contributed by atoms with E-state index < -0.39 is 0 Å². The zero-order valence-electron chi connectivity index (χ0n) is 6.26. The molecule has 0 aliphatic rings. The van der Waals surface area contributed by atoms with Crippen molar-refractivity contribution in [3.8, 4) is 0 Å². The summed E-state index contributed by atoms with van der Waals surface area (Å²) in [6.07, 6.45) is 0. The summed E-state index contributed by atoms with van der Waals surface area (Å²) in [6, 6.07) is 0. The molecule has 1 N–H and O–H groups in total. The zero-order valence-corrected chi connectivity index (χ0v) is 10.3. The molecule has 0 aromatic rings. The second kappa shape index (κ2) is 156. The van der Waals surface area contributed by atoms with E-state index in [2.05, 4.69) is 0 Å². The van der Waals surface area contributed by atoms with Gasteiger partial charge in [-0.1, -0.05) is 0 Å². The molecule has 3 nitrogen and oxygen atoms in total. The molecule has 0 aromatic carbocycles. The van der Waals surface area contributed by atoms with Crippen molar-refractivity contribution < 1.29 is 74.4 Å². The van der Waals surface area contributed by atoms with E-state index >= 15 is 0 Å². The average molecular weight is 140 g/mol. The SMILES string of the molecule is CO.C[O-].C[O-].[Na+].[Na+]. The van der Waals surface area contributed by atoms with Crippen LogP contribution in [-0.4, -0.2) is 26.4 Å². The predicted octanol–water partition coefficient (Wildman–Crippen LogP) is -8.43. The molecule has 0 unspecified atom stereocenters. The maximum Gasteiger partial charge on any atom is 1.00 e. The number of hydrogen-bond acceptors (Lipinski definition) is 3. The van der Waals surface area contributed by atoms with Gasteiger partial charge in [0.1, 0.15) is 0 Å². The van der Waals surface area contributed by atoms with E-state index in [9.17, 15) is 0 Å². The van der Waals surface area contributed by atoms with Crippen LogP contribution in [0.1, 0.15) is 0 Å². The smallest absolute Gasteiger partial charge is 0.857 e. The Kier molecular flexibility index (Phi) is 638. The molecule has 8 heavy (non-hydrogen) atoms. The van der Waals surface area contributed by atoms with Gasteiger partial charge in [-0.25, -0.2) is 0 Å². The Labute approximate surface area is 94.7 Å². The van der Waals surface area contributed by atoms with E-state index in [1.54, 1.807) is 0 Å². The number of aliphatic hydroxyl groups excluding tert-OH is 1. The summed E-state index contributed by atoms with van der Waals surface area (Å²) in [7, 11) is 2.50. The maximum atomic E-state index is 8.25. The van der Waals surface area contributed by atoms with Crippen LogP contribution in [0.15, 0.2) is 0 Å². The standard InChI is InChI=1S/CH4O.2CH3O.2Na/c3*1-2;;/h2H,1H3;2*1H3;;/q;2*-1;2*+1. The van der Waals surface area contributed by atoms with Crippen LogP contribution in [0.3, 0.4) is 0 Å². The quantitative estimate of drug-likeness (QED) is 0.340. The van der Waals surface area contributed by atoms with Gasteiger partial charge >= 0.3 is 59.1 Å². The first kappa shape index (κ1) is 32.7. The van der Waals surface area contributed by atoms with Crippen molar-refractivity contribution >= 4 is 0 Å². The van der Waals surface area contributed by atoms with Gasteiger partial charge in [-0.05, 0) is 0 Å². The molecule has 0 rings (SSSR count). The molecule has 0 spiro atoms. The van der Waals surface area contributed by atoms with Crippen molar-refractivity contribution in [2.24, 2.45) is 0 Å². The average Bonchev–Trinajstić information content (AvgIpc) is 1.81. The number of rotatable bonds is 0. The molecule has 0 bridgehead atoms. The minimum Gasteiger partial charge on any atom is -0.857 e. The molecular weight excluding hydrogens is 130 g/mol. The van der Waals surface area contributed by atoms with Gasteiger partial charge in [0.2, 0.25) is 0 Å². The molecular formula is C3H10Na2O3. The topological polar surface area (TPSA) is 66.3 Å². The van der Waals surface area contributed by atoms with Gasteiger partial charge in [0, 0.05) is 7.11 Å². The summed E-state index contributed by atoms with van der Waals surface area (Å²) < 4.78 is 0. The largest absolute Gasteiger partial charge is 1.00 e. The van der Waals surface area contributed by atoms with Gasteiger partial charge in [0.05, 0.1) is 0 Å². The molecule has 0 heterocycles. The third kappa shape index (κ3) is 106. The molecule has 0 aliphatic carbocycles. The van der Waals surface area contributed by atoms with E-state index in [0.717, 1.165) is 21.3 Å². The van der Waals surface area contributed by atoms with Crippen molar-refractivity contribution in [2.45, 2.75) is 0 Å². The molecule has 0 saturated carbocycles. The molecule has 0 fully saturated rings. The molecule has 42 valence electrons. The van der Waals surface area contributed by atoms with E-state index in [1.807, 2.05) is 0 Å². The fourth-order valence-corrected chi connectivity index (χ4v) is 0. The van der Waals surface area contributed by atoms with E-state index in [1.165, 1.54) is 0 Å². The number of aliphatic hydroxyl groups is 1. The summed E-state index contributed by atoms with van der Waals surface area (Å²) in [5.41, 5.74) is 0. The first-order chi connectivity index (χ1) is 3.00. The van der Waals surface area contributed by atoms with Gasteiger partial charge < -0.3 is 15.3 Å². The van der Waals surface area contributed by atoms with Crippen LogP contribution < -0.4 is 69.3 Å². The van der Waals surface area contributed by atoms with Crippen molar-refractivity contribution in [3.63, 3.8) is 0 Å². The van der Waals surface area contributed by atoms with Gasteiger partial charge in [-0.15, -0.1) is 0 Å². The van der Waals surface area contributed by atoms with Crippen LogP contribution in [-0.2, 0) is 0 Å². The van der Waals surface area contributed by atoms with Crippen molar-refractivity contribution in [2.75, 3.05) is 21.3 Å². The van der Waals surface area contributed by atoms with Gasteiger partial charge in [0.15, 0.2) is 0 Å². The third-order valence-electron chi connectivity index (χ3n) is 0. The Bertz CT molecular complexity index is 12.5. The third-order valence-corrected chi connectivity index (χ3v) is 0. The summed E-state index contributed by atoms with van der Waals surface area (Å²) in [4.78, 5) is 0. The zero-order chi connectivity index (χ0) is 6.00. The first-order valence-electron chi connectivity index (χ1n) is 1.26. The molecule has 5 heteroatoms. The van der Waals surface area contributed by atoms with E-state index in [0.29, 0.717) is 0 Å². The van der Waals surface area contributed by atoms with Crippen molar-refractivity contribution in [3.05, 3.63) is 0 Å². The van der Waals surface area contributed by atoms with Crippen LogP contribution in [0.2, 0.25) is 0 Å². The van der Waals surface area contributed by atoms with E-state index in [-0.39, 0.29) is 59.1 Å². The first-order valence-corrected chi connectivity index (χ1v) is 1.26. The molecule has 0 aliphatic heterocycles. The maximum absolute atomic E-state index is 8.25. The summed E-state index contributed by atoms with van der Waals surface area (Å²) >= 11 is 0. The molecule has 0 saturated heterocycles. The Balaban J connectivity index is -0.00000000500. The van der Waals surface area contributed by atoms with Crippen molar-refractivity contribution in [1.82, 2.24) is 0 Å². The monoisotopic (exact) mass is 140 g/mol. The molecule has 0 atom stereocenters. The second-order valence-electron chi connectivity index (χ2n) is 0. The predicted molar refractivity (Wildman–Crippen MR) is 20.0 cm³/mol. The Morgan fingerprint density at radius 2 is 0.750 bits per heavy atom. The molecule has 0 aromatic heterocycles. The van der Waals surface area contributed by atoms with Gasteiger partial charge in [-0.2, -0.15) is 14.2 Å². The summed E-state index contributed by atoms with van der Waals surface area (Å²) in [5, 5.41) is 23.5. The van der Waals surface area contributed by atoms with Crippen LogP contribution in [0, 0.1) is 0 Å². The van der Waals surface area contributed by atoms with Gasteiger partial charge in [0.25, 0.3) is 0 Å². The second-order valence-corrected chi connectivity index (χ2v) is 0. The van der Waals surface area contributed by atoms with Crippen molar-refractivity contribution in [1.29, 1.82) is 0 Å². The summed E-state index contributed by atoms with van der Waals surface area (Å²) in [6.45, 7) is 0. The molecule has 0 radical (unpaired) electrons. The normalized spacial score (nSPS) is 2.25. The van der Waals surface area contributed by atoms with Crippen LogP contribution >= 0.6 is 0 Å². The minimum atomic E-state index is 0. The fraction of sp³-hybridized carbons (Fsp3) is 1.00. The Hall–Kier alpha value is 1.88. The van der Waals surface area contributed by atoms with Crippen LogP contribution in [0.4, 0.5) is 0 Å². The summed E-state index contributed by atoms with van der Waals surface area (Å²) in [5.74, 6) is 0. The Morgan fingerprint density at radius 1 is 0.750 bits per heavy atom. The Morgan fingerprint density at radius 3 is 0.750 bits per heavy atom. The minimum absolute atomic E-state index is 0. The molecule has 0 amide bonds. The fourth-order valence-electron chi connectivity index (χ4n) is 0.